The van der Waals surface area contributed by atoms with E-state index in [2.05, 4.69) is 15.0 Å². The van der Waals surface area contributed by atoms with Gasteiger partial charge in [-0.2, -0.15) is 0 Å². The van der Waals surface area contributed by atoms with E-state index in [1.54, 1.807) is 12.1 Å². The van der Waals surface area contributed by atoms with Crippen LogP contribution in [0.5, 0.6) is 5.75 Å². The first-order valence-corrected chi connectivity index (χ1v) is 12.6. The van der Waals surface area contributed by atoms with Crippen LogP contribution in [0.25, 0.3) is 0 Å². The lowest BCUT2D eigenvalue weighted by Gasteiger charge is -2.20. The zero-order chi connectivity index (χ0) is 24.7. The van der Waals surface area contributed by atoms with E-state index >= 15 is 0 Å². The van der Waals surface area contributed by atoms with Crippen molar-refractivity contribution in [2.75, 3.05) is 11.3 Å². The van der Waals surface area contributed by atoms with Crippen LogP contribution < -0.4 is 14.8 Å². The maximum atomic E-state index is 13.1. The molecule has 0 aliphatic rings. The van der Waals surface area contributed by atoms with Gasteiger partial charge in [0.05, 0.1) is 23.2 Å². The molecule has 8 heteroatoms. The Morgan fingerprint density at radius 3 is 2.11 bits per heavy atom. The fraction of sp³-hybridized carbons (Fsp3) is 0.111. The molecule has 4 rings (SSSR count). The molecular weight excluding hydrogens is 462 g/mol. The van der Waals surface area contributed by atoms with Crippen LogP contribution >= 0.6 is 0 Å². The molecule has 0 radical (unpaired) electrons. The van der Waals surface area contributed by atoms with Crippen molar-refractivity contribution in [1.29, 1.82) is 0 Å². The molecule has 0 aliphatic carbocycles. The van der Waals surface area contributed by atoms with Crippen LogP contribution in [-0.2, 0) is 10.0 Å². The predicted octanol–water partition coefficient (Wildman–Crippen LogP) is 4.80. The minimum atomic E-state index is -3.80. The number of benzene rings is 3. The van der Waals surface area contributed by atoms with Crippen molar-refractivity contribution in [3.05, 3.63) is 120 Å². The van der Waals surface area contributed by atoms with Crippen molar-refractivity contribution in [1.82, 2.24) is 10.3 Å². The first-order chi connectivity index (χ1) is 17.0. The van der Waals surface area contributed by atoms with Gasteiger partial charge in [0, 0.05) is 18.0 Å². The third kappa shape index (κ3) is 6.04. The van der Waals surface area contributed by atoms with Gasteiger partial charge in [-0.1, -0.05) is 42.5 Å². The molecule has 0 bridgehead atoms. The fourth-order valence-electron chi connectivity index (χ4n) is 3.56. The summed E-state index contributed by atoms with van der Waals surface area (Å²) in [7, 11) is -3.80. The first-order valence-electron chi connectivity index (χ1n) is 11.1. The molecule has 1 heterocycles. The van der Waals surface area contributed by atoms with Crippen molar-refractivity contribution in [2.45, 2.75) is 17.9 Å². The highest BCUT2D eigenvalue weighted by Gasteiger charge is 2.19. The van der Waals surface area contributed by atoms with E-state index in [-0.39, 0.29) is 10.8 Å². The van der Waals surface area contributed by atoms with Crippen molar-refractivity contribution in [2.24, 2.45) is 0 Å². The molecule has 0 fully saturated rings. The summed E-state index contributed by atoms with van der Waals surface area (Å²) in [6.07, 6.45) is 3.00. The van der Waals surface area contributed by atoms with Gasteiger partial charge in [-0.15, -0.1) is 0 Å². The smallest absolute Gasteiger partial charge is 0.261 e. The number of ether oxygens (including phenoxy) is 1. The van der Waals surface area contributed by atoms with E-state index in [9.17, 15) is 13.2 Å². The lowest BCUT2D eigenvalue weighted by Crippen LogP contribution is -2.29. The zero-order valence-corrected chi connectivity index (χ0v) is 19.9. The average Bonchev–Trinajstić information content (AvgIpc) is 2.89. The van der Waals surface area contributed by atoms with Crippen molar-refractivity contribution in [3.63, 3.8) is 0 Å². The molecule has 178 valence electrons. The van der Waals surface area contributed by atoms with Gasteiger partial charge in [-0.25, -0.2) is 8.42 Å². The standard InChI is InChI=1S/C27H25N3O4S/c1-2-34-24-12-8-21(9-13-24)26(20-6-4-3-5-7-20)29-27(31)22-10-14-25(15-11-22)35(32,33)30-23-16-18-28-19-17-23/h3-19,26H,2H2,1H3,(H,28,30)(H,29,31). The van der Waals surface area contributed by atoms with Crippen LogP contribution in [0.1, 0.15) is 34.5 Å². The molecule has 1 unspecified atom stereocenters. The number of carbonyl (C=O) groups excluding carboxylic acids is 1. The maximum absolute atomic E-state index is 13.1. The molecule has 0 aliphatic heterocycles. The Morgan fingerprint density at radius 1 is 0.857 bits per heavy atom. The molecule has 1 atom stereocenters. The topological polar surface area (TPSA) is 97.4 Å². The quantitative estimate of drug-likeness (QED) is 0.353. The molecule has 0 saturated heterocycles. The number of sulfonamides is 1. The summed E-state index contributed by atoms with van der Waals surface area (Å²) in [5, 5.41) is 3.06. The number of aromatic nitrogens is 1. The molecule has 2 N–H and O–H groups in total. The molecular formula is C27H25N3O4S. The van der Waals surface area contributed by atoms with Gasteiger partial charge in [0.15, 0.2) is 0 Å². The monoisotopic (exact) mass is 487 g/mol. The van der Waals surface area contributed by atoms with Crippen molar-refractivity contribution < 1.29 is 17.9 Å². The summed E-state index contributed by atoms with van der Waals surface area (Å²) in [4.78, 5) is 17.0. The Hall–Kier alpha value is -4.17. The third-order valence-corrected chi connectivity index (χ3v) is 6.69. The molecule has 1 amide bonds. The number of nitrogens with one attached hydrogen (secondary N) is 2. The number of amides is 1. The average molecular weight is 488 g/mol. The van der Waals surface area contributed by atoms with Crippen molar-refractivity contribution in [3.8, 4) is 5.75 Å². The van der Waals surface area contributed by atoms with Crippen LogP contribution in [0.15, 0.2) is 108 Å². The van der Waals surface area contributed by atoms with Gasteiger partial charge in [0.1, 0.15) is 5.75 Å². The molecule has 7 nitrogen and oxygen atoms in total. The molecule has 0 saturated carbocycles. The lowest BCUT2D eigenvalue weighted by atomic mass is 9.98. The fourth-order valence-corrected chi connectivity index (χ4v) is 4.62. The normalized spacial score (nSPS) is 11.9. The lowest BCUT2D eigenvalue weighted by molar-refractivity contribution is 0.0943. The predicted molar refractivity (Wildman–Crippen MR) is 135 cm³/mol. The van der Waals surface area contributed by atoms with E-state index in [0.29, 0.717) is 17.9 Å². The van der Waals surface area contributed by atoms with Gasteiger partial charge in [-0.05, 0) is 66.6 Å². The van der Waals surface area contributed by atoms with Crippen LogP contribution in [0.2, 0.25) is 0 Å². The second kappa shape index (κ2) is 10.8. The van der Waals surface area contributed by atoms with E-state index in [1.807, 2.05) is 61.5 Å². The van der Waals surface area contributed by atoms with Gasteiger partial charge in [0.25, 0.3) is 15.9 Å². The Bertz CT molecular complexity index is 1360. The second-order valence-corrected chi connectivity index (χ2v) is 9.37. The number of hydrogen-bond acceptors (Lipinski definition) is 5. The SMILES string of the molecule is CCOc1ccc(C(NC(=O)c2ccc(S(=O)(=O)Nc3ccncc3)cc2)c2ccccc2)cc1. The zero-order valence-electron chi connectivity index (χ0n) is 19.1. The van der Waals surface area contributed by atoms with Crippen LogP contribution in [0, 0.1) is 0 Å². The Kier molecular flexibility index (Phi) is 7.42. The summed E-state index contributed by atoms with van der Waals surface area (Å²) in [6.45, 7) is 2.49. The Morgan fingerprint density at radius 2 is 1.49 bits per heavy atom. The van der Waals surface area contributed by atoms with E-state index < -0.39 is 16.1 Å². The summed E-state index contributed by atoms with van der Waals surface area (Å²) < 4.78 is 33.3. The summed E-state index contributed by atoms with van der Waals surface area (Å²) in [6, 6.07) is 25.8. The number of pyridine rings is 1. The van der Waals surface area contributed by atoms with E-state index in [4.69, 9.17) is 4.74 Å². The van der Waals surface area contributed by atoms with Crippen LogP contribution in [0.4, 0.5) is 5.69 Å². The minimum absolute atomic E-state index is 0.0528. The van der Waals surface area contributed by atoms with E-state index in [0.717, 1.165) is 16.9 Å². The maximum Gasteiger partial charge on any atom is 0.261 e. The number of rotatable bonds is 9. The second-order valence-electron chi connectivity index (χ2n) is 7.68. The highest BCUT2D eigenvalue weighted by atomic mass is 32.2. The molecule has 3 aromatic carbocycles. The number of nitrogens with zero attached hydrogens (tertiary/aromatic N) is 1. The van der Waals surface area contributed by atoms with Crippen LogP contribution in [-0.4, -0.2) is 25.9 Å². The van der Waals surface area contributed by atoms with Gasteiger partial charge >= 0.3 is 0 Å². The molecule has 35 heavy (non-hydrogen) atoms. The minimum Gasteiger partial charge on any atom is -0.494 e. The first kappa shape index (κ1) is 24.0. The Balaban J connectivity index is 1.54. The van der Waals surface area contributed by atoms with Gasteiger partial charge in [0.2, 0.25) is 0 Å². The van der Waals surface area contributed by atoms with E-state index in [1.165, 1.54) is 36.7 Å². The Labute approximate surface area is 204 Å². The number of hydrogen-bond donors (Lipinski definition) is 2. The number of anilines is 1. The summed E-state index contributed by atoms with van der Waals surface area (Å²) in [5.74, 6) is 0.436. The molecule has 4 aromatic rings. The van der Waals surface area contributed by atoms with Gasteiger partial charge in [-0.3, -0.25) is 14.5 Å². The number of carbonyl (C=O) groups is 1. The highest BCUT2D eigenvalue weighted by Crippen LogP contribution is 2.25. The van der Waals surface area contributed by atoms with Crippen LogP contribution in [0.3, 0.4) is 0 Å². The van der Waals surface area contributed by atoms with Gasteiger partial charge < -0.3 is 10.1 Å². The third-order valence-electron chi connectivity index (χ3n) is 5.29. The summed E-state index contributed by atoms with van der Waals surface area (Å²) in [5.41, 5.74) is 2.57. The molecule has 0 spiro atoms. The van der Waals surface area contributed by atoms with Crippen molar-refractivity contribution >= 4 is 21.6 Å². The largest absolute Gasteiger partial charge is 0.494 e. The molecule has 1 aromatic heterocycles. The summed E-state index contributed by atoms with van der Waals surface area (Å²) >= 11 is 0. The highest BCUT2D eigenvalue weighted by molar-refractivity contribution is 7.92.